The van der Waals surface area contributed by atoms with E-state index in [0.717, 1.165) is 83.5 Å². The molecule has 0 aliphatic rings. The van der Waals surface area contributed by atoms with Crippen molar-refractivity contribution in [1.82, 2.24) is 0 Å². The van der Waals surface area contributed by atoms with Crippen LogP contribution in [-0.4, -0.2) is 36.4 Å². The first-order valence-corrected chi connectivity index (χ1v) is 26.1. The Bertz CT molecular complexity index is 1320. The Morgan fingerprint density at radius 3 is 1.08 bits per heavy atom. The van der Waals surface area contributed by atoms with Gasteiger partial charge in [-0.1, -0.05) is 225 Å². The molecule has 0 rings (SSSR count). The molecular formula is C59H96O5. The number of allylic oxidation sites excluding steroid dienone is 20. The summed E-state index contributed by atoms with van der Waals surface area (Å²) in [6.07, 6.45) is 78.7. The van der Waals surface area contributed by atoms with Crippen LogP contribution in [0.5, 0.6) is 0 Å². The van der Waals surface area contributed by atoms with Crippen LogP contribution in [0.25, 0.3) is 0 Å². The summed E-state index contributed by atoms with van der Waals surface area (Å²) in [5.41, 5.74) is 0. The third-order valence-electron chi connectivity index (χ3n) is 10.7. The molecule has 0 saturated heterocycles. The van der Waals surface area contributed by atoms with Crippen molar-refractivity contribution in [2.75, 3.05) is 13.2 Å². The van der Waals surface area contributed by atoms with Crippen LogP contribution in [0.4, 0.5) is 0 Å². The maximum atomic E-state index is 12.3. The zero-order valence-corrected chi connectivity index (χ0v) is 41.2. The van der Waals surface area contributed by atoms with Crippen LogP contribution in [0.3, 0.4) is 0 Å². The number of aliphatic hydroxyl groups is 1. The molecule has 0 amide bonds. The summed E-state index contributed by atoms with van der Waals surface area (Å²) in [5, 5.41) is 9.62. The number of esters is 2. The van der Waals surface area contributed by atoms with Gasteiger partial charge in [0.2, 0.25) is 0 Å². The summed E-state index contributed by atoms with van der Waals surface area (Å²) in [7, 11) is 0. The van der Waals surface area contributed by atoms with Gasteiger partial charge in [0.15, 0.2) is 6.10 Å². The highest BCUT2D eigenvalue weighted by atomic mass is 16.6. The van der Waals surface area contributed by atoms with Gasteiger partial charge in [0, 0.05) is 12.8 Å². The van der Waals surface area contributed by atoms with Gasteiger partial charge in [-0.15, -0.1) is 0 Å². The SMILES string of the molecule is CC/C=C\C/C=C\C/C=C\C/C=C\C/C=C\C/C=C\C/C=C\C/C=C\C/C=C\CCCC(=O)OC(CO)COC(=O)CCCCCCCCCCC/C=C\CCCCCCCCCC. The first-order chi connectivity index (χ1) is 31.6. The monoisotopic (exact) mass is 885 g/mol. The van der Waals surface area contributed by atoms with E-state index >= 15 is 0 Å². The van der Waals surface area contributed by atoms with Crippen LogP contribution < -0.4 is 0 Å². The lowest BCUT2D eigenvalue weighted by molar-refractivity contribution is -0.161. The molecule has 1 unspecified atom stereocenters. The van der Waals surface area contributed by atoms with Gasteiger partial charge in [0.25, 0.3) is 0 Å². The fraction of sp³-hybridized carbons (Fsp3) is 0.627. The van der Waals surface area contributed by atoms with Crippen molar-refractivity contribution < 1.29 is 24.2 Å². The number of unbranched alkanes of at least 4 members (excludes halogenated alkanes) is 18. The first kappa shape index (κ1) is 60.3. The Morgan fingerprint density at radius 2 is 0.688 bits per heavy atom. The van der Waals surface area contributed by atoms with Gasteiger partial charge >= 0.3 is 11.9 Å². The Balaban J connectivity index is 3.68. The highest BCUT2D eigenvalue weighted by molar-refractivity contribution is 5.70. The van der Waals surface area contributed by atoms with Gasteiger partial charge in [0.1, 0.15) is 6.61 Å². The minimum atomic E-state index is -0.812. The van der Waals surface area contributed by atoms with Crippen molar-refractivity contribution >= 4 is 11.9 Å². The zero-order chi connectivity index (χ0) is 46.3. The lowest BCUT2D eigenvalue weighted by atomic mass is 10.1. The molecule has 0 aliphatic heterocycles. The van der Waals surface area contributed by atoms with E-state index in [4.69, 9.17) is 9.47 Å². The van der Waals surface area contributed by atoms with E-state index in [9.17, 15) is 14.7 Å². The Kier molecular flexibility index (Phi) is 50.5. The number of carbonyl (C=O) groups excluding carboxylic acids is 2. The quantitative estimate of drug-likeness (QED) is 0.0375. The van der Waals surface area contributed by atoms with Crippen molar-refractivity contribution in [3.05, 3.63) is 122 Å². The maximum absolute atomic E-state index is 12.3. The molecule has 0 aromatic carbocycles. The number of hydrogen-bond acceptors (Lipinski definition) is 5. The summed E-state index contributed by atoms with van der Waals surface area (Å²) >= 11 is 0. The van der Waals surface area contributed by atoms with Crippen molar-refractivity contribution in [2.24, 2.45) is 0 Å². The van der Waals surface area contributed by atoms with E-state index in [1.54, 1.807) is 0 Å². The van der Waals surface area contributed by atoms with Crippen LogP contribution in [0.1, 0.15) is 219 Å². The van der Waals surface area contributed by atoms with Gasteiger partial charge in [-0.05, 0) is 103 Å². The van der Waals surface area contributed by atoms with E-state index in [1.165, 1.54) is 103 Å². The molecule has 0 radical (unpaired) electrons. The smallest absolute Gasteiger partial charge is 0.306 e. The number of aliphatic hydroxyl groups excluding tert-OH is 1. The Morgan fingerprint density at radius 1 is 0.375 bits per heavy atom. The second-order valence-electron chi connectivity index (χ2n) is 16.9. The van der Waals surface area contributed by atoms with Crippen LogP contribution in [-0.2, 0) is 19.1 Å². The third-order valence-corrected chi connectivity index (χ3v) is 10.7. The molecular weight excluding hydrogens is 789 g/mol. The molecule has 0 fully saturated rings. The molecule has 0 heterocycles. The molecule has 0 aromatic heterocycles. The summed E-state index contributed by atoms with van der Waals surface area (Å²) in [4.78, 5) is 24.4. The van der Waals surface area contributed by atoms with Gasteiger partial charge in [-0.25, -0.2) is 0 Å². The van der Waals surface area contributed by atoms with Gasteiger partial charge < -0.3 is 14.6 Å². The number of carbonyl (C=O) groups is 2. The van der Waals surface area contributed by atoms with Crippen molar-refractivity contribution in [2.45, 2.75) is 225 Å². The summed E-state index contributed by atoms with van der Waals surface area (Å²) in [5.74, 6) is -0.669. The molecule has 0 spiro atoms. The normalized spacial score (nSPS) is 13.2. The summed E-state index contributed by atoms with van der Waals surface area (Å²) in [6, 6.07) is 0. The molecule has 362 valence electrons. The minimum Gasteiger partial charge on any atom is -0.462 e. The van der Waals surface area contributed by atoms with Crippen molar-refractivity contribution in [1.29, 1.82) is 0 Å². The number of rotatable bonds is 46. The summed E-state index contributed by atoms with van der Waals surface area (Å²) in [6.45, 7) is 3.98. The third kappa shape index (κ3) is 50.9. The highest BCUT2D eigenvalue weighted by Crippen LogP contribution is 2.14. The largest absolute Gasteiger partial charge is 0.462 e. The topological polar surface area (TPSA) is 72.8 Å². The van der Waals surface area contributed by atoms with E-state index < -0.39 is 6.10 Å². The molecule has 1 N–H and O–H groups in total. The predicted molar refractivity (Wildman–Crippen MR) is 278 cm³/mol. The molecule has 0 aliphatic carbocycles. The second kappa shape index (κ2) is 53.6. The summed E-state index contributed by atoms with van der Waals surface area (Å²) < 4.78 is 10.6. The first-order valence-electron chi connectivity index (χ1n) is 26.1. The minimum absolute atomic E-state index is 0.0972. The second-order valence-corrected chi connectivity index (χ2v) is 16.9. The molecule has 5 heteroatoms. The average molecular weight is 885 g/mol. The van der Waals surface area contributed by atoms with Gasteiger partial charge in [-0.2, -0.15) is 0 Å². The van der Waals surface area contributed by atoms with Crippen LogP contribution in [0.2, 0.25) is 0 Å². The van der Waals surface area contributed by atoms with Crippen LogP contribution >= 0.6 is 0 Å². The molecule has 0 aromatic rings. The van der Waals surface area contributed by atoms with Crippen LogP contribution in [0, 0.1) is 0 Å². The van der Waals surface area contributed by atoms with Crippen LogP contribution in [0.15, 0.2) is 122 Å². The predicted octanol–water partition coefficient (Wildman–Crippen LogP) is 17.5. The number of ether oxygens (including phenoxy) is 2. The van der Waals surface area contributed by atoms with Crippen molar-refractivity contribution in [3.8, 4) is 0 Å². The van der Waals surface area contributed by atoms with E-state index in [2.05, 4.69) is 135 Å². The van der Waals surface area contributed by atoms with Crippen molar-refractivity contribution in [3.63, 3.8) is 0 Å². The van der Waals surface area contributed by atoms with E-state index in [1.807, 2.05) is 0 Å². The molecule has 1 atom stereocenters. The molecule has 0 saturated carbocycles. The maximum Gasteiger partial charge on any atom is 0.306 e. The standard InChI is InChI=1S/C59H96O5/c1-3-5-7-9-11-13-15-17-19-21-23-25-26-27-28-29-30-31-32-34-36-38-40-42-44-46-48-50-52-54-59(62)64-57(55-60)56-63-58(61)53-51-49-47-45-43-41-39-37-35-33-24-22-20-18-16-14-12-10-8-6-4-2/h5,7,11,13,17,19,22-25,27-28,30-31,34,36,40,42,46,48,57,60H,3-4,6,8-10,12,14-16,18,20-21,26,29,32-33,35,37-39,41,43-45,47,49-56H2,1-2H3/b7-5-,13-11-,19-17-,24-22-,25-23-,28-27-,31-30-,36-34-,42-40-,48-46-. The lowest BCUT2D eigenvalue weighted by Crippen LogP contribution is -2.28. The Labute approximate surface area is 394 Å². The Hall–Kier alpha value is -3.70. The fourth-order valence-corrected chi connectivity index (χ4v) is 6.84. The molecule has 5 nitrogen and oxygen atoms in total. The number of hydrogen-bond donors (Lipinski definition) is 1. The molecule has 0 bridgehead atoms. The highest BCUT2D eigenvalue weighted by Gasteiger charge is 2.16. The average Bonchev–Trinajstić information content (AvgIpc) is 3.30. The fourth-order valence-electron chi connectivity index (χ4n) is 6.84. The lowest BCUT2D eigenvalue weighted by Gasteiger charge is -2.15. The van der Waals surface area contributed by atoms with E-state index in [0.29, 0.717) is 12.8 Å². The van der Waals surface area contributed by atoms with Gasteiger partial charge in [0.05, 0.1) is 6.61 Å². The van der Waals surface area contributed by atoms with E-state index in [-0.39, 0.29) is 31.6 Å². The molecule has 64 heavy (non-hydrogen) atoms. The zero-order valence-electron chi connectivity index (χ0n) is 41.2. The van der Waals surface area contributed by atoms with Gasteiger partial charge in [-0.3, -0.25) is 9.59 Å².